The molecule has 0 bridgehead atoms. The van der Waals surface area contributed by atoms with Crippen molar-refractivity contribution in [3.63, 3.8) is 0 Å². The molecule has 0 radical (unpaired) electrons. The van der Waals surface area contributed by atoms with Gasteiger partial charge in [0.05, 0.1) is 17.0 Å². The van der Waals surface area contributed by atoms with Crippen molar-refractivity contribution in [1.82, 2.24) is 10.2 Å². The Bertz CT molecular complexity index is 637. The second-order valence-electron chi connectivity index (χ2n) is 5.13. The Labute approximate surface area is 132 Å². The molecular formula is C16H17FN2O4. The van der Waals surface area contributed by atoms with Gasteiger partial charge < -0.3 is 10.4 Å². The summed E-state index contributed by atoms with van der Waals surface area (Å²) in [5, 5.41) is 11.3. The molecule has 0 aliphatic carbocycles. The number of amides is 2. The second kappa shape index (κ2) is 7.15. The van der Waals surface area contributed by atoms with Gasteiger partial charge in [0, 0.05) is 13.0 Å². The highest BCUT2D eigenvalue weighted by atomic mass is 19.1. The minimum absolute atomic E-state index is 0.0428. The van der Waals surface area contributed by atoms with Gasteiger partial charge in [-0.15, -0.1) is 0 Å². The zero-order chi connectivity index (χ0) is 17.0. The topological polar surface area (TPSA) is 86.7 Å². The summed E-state index contributed by atoms with van der Waals surface area (Å²) in [6.45, 7) is 0.0882. The number of fused-ring (bicyclic) bond motifs is 1. The lowest BCUT2D eigenvalue weighted by Crippen LogP contribution is -2.32. The Kier molecular flexibility index (Phi) is 5.23. The number of nitrogens with one attached hydrogen (secondary N) is 1. The molecule has 0 saturated heterocycles. The Morgan fingerprint density at radius 3 is 2.35 bits per heavy atom. The third-order valence-corrected chi connectivity index (χ3v) is 3.60. The Morgan fingerprint density at radius 2 is 1.87 bits per heavy atom. The minimum atomic E-state index is -1.18. The Balaban J connectivity index is 1.93. The molecule has 1 aliphatic rings. The summed E-state index contributed by atoms with van der Waals surface area (Å²) in [7, 11) is 1.42. The molecule has 7 heteroatoms. The van der Waals surface area contributed by atoms with Crippen molar-refractivity contribution >= 4 is 17.8 Å². The predicted molar refractivity (Wildman–Crippen MR) is 80.7 cm³/mol. The van der Waals surface area contributed by atoms with Crippen LogP contribution in [0.1, 0.15) is 33.6 Å². The molecule has 23 heavy (non-hydrogen) atoms. The van der Waals surface area contributed by atoms with Crippen molar-refractivity contribution in [2.24, 2.45) is 0 Å². The summed E-state index contributed by atoms with van der Waals surface area (Å²) >= 11 is 0. The lowest BCUT2D eigenvalue weighted by Gasteiger charge is -2.13. The average molecular weight is 320 g/mol. The average Bonchev–Trinajstić information content (AvgIpc) is 2.77. The SMILES string of the molecule is CN[C@@H](/C=C(/F)CCCN1C(=O)c2ccccc2C1=O)C(=O)O. The Hall–Kier alpha value is -2.54. The number of carboxylic acid groups (broad SMARTS) is 1. The van der Waals surface area contributed by atoms with Crippen molar-refractivity contribution < 1.29 is 23.9 Å². The van der Waals surface area contributed by atoms with E-state index >= 15 is 0 Å². The summed E-state index contributed by atoms with van der Waals surface area (Å²) in [4.78, 5) is 36.1. The summed E-state index contributed by atoms with van der Waals surface area (Å²) in [5.41, 5.74) is 0.712. The van der Waals surface area contributed by atoms with Gasteiger partial charge in [-0.3, -0.25) is 19.3 Å². The van der Waals surface area contributed by atoms with E-state index in [4.69, 9.17) is 5.11 Å². The van der Waals surface area contributed by atoms with Crippen molar-refractivity contribution in [3.05, 3.63) is 47.3 Å². The first-order valence-electron chi connectivity index (χ1n) is 7.17. The van der Waals surface area contributed by atoms with E-state index in [0.29, 0.717) is 11.1 Å². The molecule has 1 aliphatic heterocycles. The van der Waals surface area contributed by atoms with Gasteiger partial charge in [0.25, 0.3) is 11.8 Å². The van der Waals surface area contributed by atoms with Crippen LogP contribution < -0.4 is 5.32 Å². The Morgan fingerprint density at radius 1 is 1.30 bits per heavy atom. The molecule has 122 valence electrons. The van der Waals surface area contributed by atoms with Crippen LogP contribution in [0, 0.1) is 0 Å². The maximum Gasteiger partial charge on any atom is 0.324 e. The molecule has 1 aromatic carbocycles. The summed E-state index contributed by atoms with van der Waals surface area (Å²) < 4.78 is 13.7. The van der Waals surface area contributed by atoms with Crippen LogP contribution in [0.2, 0.25) is 0 Å². The van der Waals surface area contributed by atoms with E-state index in [-0.39, 0.29) is 31.2 Å². The minimum Gasteiger partial charge on any atom is -0.480 e. The summed E-state index contributed by atoms with van der Waals surface area (Å²) in [5.74, 6) is -2.53. The number of nitrogens with zero attached hydrogens (tertiary/aromatic N) is 1. The molecule has 2 amide bonds. The van der Waals surface area contributed by atoms with E-state index in [2.05, 4.69) is 5.32 Å². The van der Waals surface area contributed by atoms with E-state index in [0.717, 1.165) is 11.0 Å². The van der Waals surface area contributed by atoms with Gasteiger partial charge in [-0.05, 0) is 31.7 Å². The first-order valence-corrected chi connectivity index (χ1v) is 7.17. The molecule has 0 aromatic heterocycles. The largest absolute Gasteiger partial charge is 0.480 e. The van der Waals surface area contributed by atoms with E-state index < -0.39 is 17.8 Å². The molecule has 0 fully saturated rings. The number of allylic oxidation sites excluding steroid dienone is 1. The number of likely N-dealkylation sites (N-methyl/N-ethyl adjacent to an activating group) is 1. The predicted octanol–water partition coefficient (Wildman–Crippen LogP) is 1.59. The third-order valence-electron chi connectivity index (χ3n) is 3.60. The summed E-state index contributed by atoms with van der Waals surface area (Å²) in [6, 6.07) is 5.43. The van der Waals surface area contributed by atoms with Gasteiger partial charge in [0.1, 0.15) is 6.04 Å². The molecule has 1 aromatic rings. The van der Waals surface area contributed by atoms with E-state index in [1.54, 1.807) is 24.3 Å². The lowest BCUT2D eigenvalue weighted by atomic mass is 10.1. The number of halogens is 1. The molecule has 0 saturated carbocycles. The molecule has 6 nitrogen and oxygen atoms in total. The normalized spacial score (nSPS) is 15.7. The van der Waals surface area contributed by atoms with Crippen molar-refractivity contribution in [1.29, 1.82) is 0 Å². The van der Waals surface area contributed by atoms with Crippen molar-refractivity contribution in [3.8, 4) is 0 Å². The first kappa shape index (κ1) is 16.8. The molecule has 1 heterocycles. The number of rotatable bonds is 7. The second-order valence-corrected chi connectivity index (χ2v) is 5.13. The highest BCUT2D eigenvalue weighted by Gasteiger charge is 2.34. The van der Waals surface area contributed by atoms with Crippen molar-refractivity contribution in [2.75, 3.05) is 13.6 Å². The fourth-order valence-corrected chi connectivity index (χ4v) is 2.39. The fourth-order valence-electron chi connectivity index (χ4n) is 2.39. The highest BCUT2D eigenvalue weighted by Crippen LogP contribution is 2.23. The number of hydrogen-bond acceptors (Lipinski definition) is 4. The summed E-state index contributed by atoms with van der Waals surface area (Å²) in [6.07, 6.45) is 1.16. The van der Waals surface area contributed by atoms with Crippen LogP contribution in [0.3, 0.4) is 0 Å². The zero-order valence-electron chi connectivity index (χ0n) is 12.6. The number of carbonyl (C=O) groups excluding carboxylic acids is 2. The van der Waals surface area contributed by atoms with Gasteiger partial charge >= 0.3 is 5.97 Å². The highest BCUT2D eigenvalue weighted by molar-refractivity contribution is 6.21. The molecule has 0 unspecified atom stereocenters. The third kappa shape index (κ3) is 3.62. The molecule has 1 atom stereocenters. The van der Waals surface area contributed by atoms with Gasteiger partial charge in [-0.2, -0.15) is 0 Å². The van der Waals surface area contributed by atoms with E-state index in [9.17, 15) is 18.8 Å². The number of imide groups is 1. The number of carboxylic acids is 1. The number of aliphatic carboxylic acids is 1. The number of benzene rings is 1. The van der Waals surface area contributed by atoms with Gasteiger partial charge in [0.2, 0.25) is 0 Å². The van der Waals surface area contributed by atoms with Crippen LogP contribution >= 0.6 is 0 Å². The van der Waals surface area contributed by atoms with Crippen molar-refractivity contribution in [2.45, 2.75) is 18.9 Å². The van der Waals surface area contributed by atoms with Gasteiger partial charge in [-0.25, -0.2) is 4.39 Å². The standard InChI is InChI=1S/C16H17FN2O4/c1-18-13(16(22)23)9-10(17)5-4-8-19-14(20)11-6-2-3-7-12(11)15(19)21/h2-3,6-7,9,13,18H,4-5,8H2,1H3,(H,22,23)/b10-9+/t13-/m0/s1. The van der Waals surface area contributed by atoms with Crippen LogP contribution in [0.4, 0.5) is 4.39 Å². The molecule has 2 N–H and O–H groups in total. The molecular weight excluding hydrogens is 303 g/mol. The van der Waals surface area contributed by atoms with Crippen LogP contribution in [0.15, 0.2) is 36.2 Å². The quantitative estimate of drug-likeness (QED) is 0.745. The van der Waals surface area contributed by atoms with Crippen LogP contribution in [0.25, 0.3) is 0 Å². The smallest absolute Gasteiger partial charge is 0.324 e. The monoisotopic (exact) mass is 320 g/mol. The van der Waals surface area contributed by atoms with Gasteiger partial charge in [0.15, 0.2) is 0 Å². The number of hydrogen-bond donors (Lipinski definition) is 2. The maximum absolute atomic E-state index is 13.7. The maximum atomic E-state index is 13.7. The van der Waals surface area contributed by atoms with Gasteiger partial charge in [-0.1, -0.05) is 12.1 Å². The van der Waals surface area contributed by atoms with Crippen LogP contribution in [0.5, 0.6) is 0 Å². The fraction of sp³-hybridized carbons (Fsp3) is 0.312. The number of carbonyl (C=O) groups is 3. The van der Waals surface area contributed by atoms with Crippen LogP contribution in [-0.4, -0.2) is 47.4 Å². The molecule has 2 rings (SSSR count). The first-order chi connectivity index (χ1) is 11.0. The lowest BCUT2D eigenvalue weighted by molar-refractivity contribution is -0.138. The van der Waals surface area contributed by atoms with E-state index in [1.165, 1.54) is 7.05 Å². The van der Waals surface area contributed by atoms with Crippen LogP contribution in [-0.2, 0) is 4.79 Å². The van der Waals surface area contributed by atoms with E-state index in [1.807, 2.05) is 0 Å². The zero-order valence-corrected chi connectivity index (χ0v) is 12.6. The molecule has 0 spiro atoms.